The second-order valence-electron chi connectivity index (χ2n) is 4.32. The topological polar surface area (TPSA) is 25.8 Å². The van der Waals surface area contributed by atoms with Gasteiger partial charge in [0.15, 0.2) is 0 Å². The maximum Gasteiger partial charge on any atom is 0.116 e. The van der Waals surface area contributed by atoms with Crippen LogP contribution in [0.25, 0.3) is 6.08 Å². The van der Waals surface area contributed by atoms with Gasteiger partial charge in [-0.25, -0.2) is 9.97 Å². The minimum atomic E-state index is 0.262. The van der Waals surface area contributed by atoms with Crippen LogP contribution in [0.3, 0.4) is 0 Å². The Hall–Kier alpha value is -1.18. The van der Waals surface area contributed by atoms with Gasteiger partial charge in [-0.3, -0.25) is 0 Å². The fourth-order valence-corrected chi connectivity index (χ4v) is 1.65. The van der Waals surface area contributed by atoms with Gasteiger partial charge in [0.1, 0.15) is 6.33 Å². The van der Waals surface area contributed by atoms with Crippen molar-refractivity contribution in [2.45, 2.75) is 27.2 Å². The Morgan fingerprint density at radius 1 is 1.38 bits per heavy atom. The Kier molecular flexibility index (Phi) is 1.72. The average Bonchev–Trinajstić information content (AvgIpc) is 2.06. The van der Waals surface area contributed by atoms with Crippen molar-refractivity contribution >= 4 is 6.08 Å². The normalized spacial score (nSPS) is 19.2. The standard InChI is InChI=1S/C11H14N2/c1-8-4-10-9(5-11(8,2)3)6-12-7-13-10/h4,6-7H,5H2,1-3H3. The fourth-order valence-electron chi connectivity index (χ4n) is 1.65. The minimum Gasteiger partial charge on any atom is -0.244 e. The second-order valence-corrected chi connectivity index (χ2v) is 4.32. The summed E-state index contributed by atoms with van der Waals surface area (Å²) >= 11 is 0. The third kappa shape index (κ3) is 1.37. The van der Waals surface area contributed by atoms with Gasteiger partial charge in [-0.15, -0.1) is 0 Å². The van der Waals surface area contributed by atoms with E-state index in [1.165, 1.54) is 11.1 Å². The van der Waals surface area contributed by atoms with E-state index in [0.717, 1.165) is 12.1 Å². The largest absolute Gasteiger partial charge is 0.244 e. The van der Waals surface area contributed by atoms with Crippen molar-refractivity contribution in [2.24, 2.45) is 5.41 Å². The Bertz CT molecular complexity index is 364. The molecular formula is C11H14N2. The maximum atomic E-state index is 4.25. The molecule has 0 spiro atoms. The summed E-state index contributed by atoms with van der Waals surface area (Å²) in [5.74, 6) is 0. The Balaban J connectivity index is 2.53. The van der Waals surface area contributed by atoms with E-state index in [-0.39, 0.29) is 5.41 Å². The zero-order chi connectivity index (χ0) is 9.47. The van der Waals surface area contributed by atoms with Crippen LogP contribution in [0.4, 0.5) is 0 Å². The molecule has 2 heteroatoms. The van der Waals surface area contributed by atoms with Gasteiger partial charge in [-0.05, 0) is 30.4 Å². The first-order chi connectivity index (χ1) is 6.09. The summed E-state index contributed by atoms with van der Waals surface area (Å²) in [6.07, 6.45) is 6.75. The highest BCUT2D eigenvalue weighted by Gasteiger charge is 2.26. The molecule has 1 aliphatic rings. The zero-order valence-electron chi connectivity index (χ0n) is 8.33. The lowest BCUT2D eigenvalue weighted by molar-refractivity contribution is 0.439. The van der Waals surface area contributed by atoms with E-state index in [1.54, 1.807) is 6.33 Å². The third-order valence-electron chi connectivity index (χ3n) is 2.88. The van der Waals surface area contributed by atoms with Crippen LogP contribution in [0.1, 0.15) is 32.0 Å². The van der Waals surface area contributed by atoms with Crippen LogP contribution in [0.5, 0.6) is 0 Å². The summed E-state index contributed by atoms with van der Waals surface area (Å²) in [6.45, 7) is 6.69. The van der Waals surface area contributed by atoms with Crippen molar-refractivity contribution in [1.29, 1.82) is 0 Å². The molecule has 0 aliphatic heterocycles. The van der Waals surface area contributed by atoms with Crippen LogP contribution < -0.4 is 0 Å². The van der Waals surface area contributed by atoms with Crippen LogP contribution in [0.2, 0.25) is 0 Å². The highest BCUT2D eigenvalue weighted by Crippen LogP contribution is 2.36. The molecule has 0 radical (unpaired) electrons. The molecule has 68 valence electrons. The third-order valence-corrected chi connectivity index (χ3v) is 2.88. The zero-order valence-corrected chi connectivity index (χ0v) is 8.33. The van der Waals surface area contributed by atoms with Crippen LogP contribution in [0.15, 0.2) is 18.1 Å². The van der Waals surface area contributed by atoms with E-state index in [0.29, 0.717) is 0 Å². The molecule has 0 atom stereocenters. The molecule has 0 amide bonds. The number of fused-ring (bicyclic) bond motifs is 1. The highest BCUT2D eigenvalue weighted by molar-refractivity contribution is 5.56. The Labute approximate surface area is 78.7 Å². The monoisotopic (exact) mass is 174 g/mol. The van der Waals surface area contributed by atoms with Crippen molar-refractivity contribution in [2.75, 3.05) is 0 Å². The van der Waals surface area contributed by atoms with Gasteiger partial charge in [0.25, 0.3) is 0 Å². The predicted octanol–water partition coefficient (Wildman–Crippen LogP) is 2.46. The van der Waals surface area contributed by atoms with Gasteiger partial charge in [0.2, 0.25) is 0 Å². The molecule has 1 aliphatic carbocycles. The molecule has 2 nitrogen and oxygen atoms in total. The van der Waals surface area contributed by atoms with Gasteiger partial charge >= 0.3 is 0 Å². The number of hydrogen-bond donors (Lipinski definition) is 0. The van der Waals surface area contributed by atoms with Crippen molar-refractivity contribution in [3.05, 3.63) is 29.4 Å². The average molecular weight is 174 g/mol. The molecule has 1 heterocycles. The lowest BCUT2D eigenvalue weighted by atomic mass is 9.75. The van der Waals surface area contributed by atoms with Gasteiger partial charge in [0.05, 0.1) is 5.69 Å². The van der Waals surface area contributed by atoms with E-state index in [1.807, 2.05) is 6.20 Å². The van der Waals surface area contributed by atoms with E-state index in [9.17, 15) is 0 Å². The number of hydrogen-bond acceptors (Lipinski definition) is 2. The molecule has 2 rings (SSSR count). The fraction of sp³-hybridized carbons (Fsp3) is 0.455. The SMILES string of the molecule is CC1=Cc2ncncc2CC1(C)C. The minimum absolute atomic E-state index is 0.262. The Morgan fingerprint density at radius 2 is 2.15 bits per heavy atom. The maximum absolute atomic E-state index is 4.25. The number of allylic oxidation sites excluding steroid dienone is 1. The molecule has 0 fully saturated rings. The molecule has 0 bridgehead atoms. The summed E-state index contributed by atoms with van der Waals surface area (Å²) < 4.78 is 0. The second kappa shape index (κ2) is 2.66. The summed E-state index contributed by atoms with van der Waals surface area (Å²) in [4.78, 5) is 8.30. The van der Waals surface area contributed by atoms with Gasteiger partial charge in [-0.1, -0.05) is 19.4 Å². The van der Waals surface area contributed by atoms with Gasteiger partial charge < -0.3 is 0 Å². The first-order valence-electron chi connectivity index (χ1n) is 4.57. The van der Waals surface area contributed by atoms with Crippen LogP contribution in [-0.4, -0.2) is 9.97 Å². The summed E-state index contributed by atoms with van der Waals surface area (Å²) in [5.41, 5.74) is 4.01. The van der Waals surface area contributed by atoms with Crippen molar-refractivity contribution in [3.8, 4) is 0 Å². The Morgan fingerprint density at radius 3 is 2.92 bits per heavy atom. The number of nitrogens with zero attached hydrogens (tertiary/aromatic N) is 2. The first-order valence-corrected chi connectivity index (χ1v) is 4.57. The number of rotatable bonds is 0. The summed E-state index contributed by atoms with van der Waals surface area (Å²) in [7, 11) is 0. The summed E-state index contributed by atoms with van der Waals surface area (Å²) in [6, 6.07) is 0. The molecular weight excluding hydrogens is 160 g/mol. The lowest BCUT2D eigenvalue weighted by Crippen LogP contribution is -2.21. The van der Waals surface area contributed by atoms with Crippen molar-refractivity contribution in [3.63, 3.8) is 0 Å². The first kappa shape index (κ1) is 8.42. The van der Waals surface area contributed by atoms with E-state index < -0.39 is 0 Å². The molecule has 1 aromatic heterocycles. The smallest absolute Gasteiger partial charge is 0.116 e. The van der Waals surface area contributed by atoms with Crippen LogP contribution >= 0.6 is 0 Å². The molecule has 0 aromatic carbocycles. The number of aromatic nitrogens is 2. The molecule has 13 heavy (non-hydrogen) atoms. The van der Waals surface area contributed by atoms with E-state index in [4.69, 9.17) is 0 Å². The van der Waals surface area contributed by atoms with Crippen LogP contribution in [0, 0.1) is 5.41 Å². The quantitative estimate of drug-likeness (QED) is 0.603. The highest BCUT2D eigenvalue weighted by atomic mass is 14.8. The molecule has 1 aromatic rings. The summed E-state index contributed by atoms with van der Waals surface area (Å²) in [5, 5.41) is 0. The van der Waals surface area contributed by atoms with E-state index in [2.05, 4.69) is 36.8 Å². The van der Waals surface area contributed by atoms with Crippen molar-refractivity contribution < 1.29 is 0 Å². The molecule has 0 saturated heterocycles. The van der Waals surface area contributed by atoms with Crippen LogP contribution in [-0.2, 0) is 6.42 Å². The van der Waals surface area contributed by atoms with Crippen molar-refractivity contribution in [1.82, 2.24) is 9.97 Å². The van der Waals surface area contributed by atoms with Gasteiger partial charge in [0, 0.05) is 6.20 Å². The lowest BCUT2D eigenvalue weighted by Gasteiger charge is -2.30. The molecule has 0 unspecified atom stereocenters. The van der Waals surface area contributed by atoms with Gasteiger partial charge in [-0.2, -0.15) is 0 Å². The van der Waals surface area contributed by atoms with E-state index >= 15 is 0 Å². The molecule has 0 saturated carbocycles. The molecule has 0 N–H and O–H groups in total. The predicted molar refractivity (Wildman–Crippen MR) is 53.2 cm³/mol.